The number of hydrogen-bond acceptors (Lipinski definition) is 3. The molecule has 1 heterocycles. The van der Waals surface area contributed by atoms with E-state index in [1.807, 2.05) is 26.0 Å². The molecular formula is C14H18BrN3O2. The van der Waals surface area contributed by atoms with Gasteiger partial charge in [-0.1, -0.05) is 15.9 Å². The zero-order valence-corrected chi connectivity index (χ0v) is 13.2. The third-order valence-corrected chi connectivity index (χ3v) is 3.79. The molecule has 0 spiro atoms. The van der Waals surface area contributed by atoms with Crippen molar-refractivity contribution >= 4 is 33.4 Å². The number of carbonyl (C=O) groups excluding carboxylic acids is 2. The summed E-state index contributed by atoms with van der Waals surface area (Å²) in [6.45, 7) is 6.42. The van der Waals surface area contributed by atoms with Gasteiger partial charge in [0.25, 0.3) is 0 Å². The van der Waals surface area contributed by atoms with E-state index >= 15 is 0 Å². The van der Waals surface area contributed by atoms with Crippen LogP contribution < -0.4 is 10.6 Å². The van der Waals surface area contributed by atoms with Crippen molar-refractivity contribution in [1.29, 1.82) is 0 Å². The van der Waals surface area contributed by atoms with Crippen LogP contribution >= 0.6 is 15.9 Å². The number of benzene rings is 1. The normalized spacial score (nSPS) is 15.1. The minimum Gasteiger partial charge on any atom is -0.332 e. The lowest BCUT2D eigenvalue weighted by Gasteiger charge is -2.26. The van der Waals surface area contributed by atoms with E-state index in [2.05, 4.69) is 26.6 Å². The van der Waals surface area contributed by atoms with Crippen molar-refractivity contribution in [3.05, 3.63) is 27.7 Å². The lowest BCUT2D eigenvalue weighted by Crippen LogP contribution is -2.50. The monoisotopic (exact) mass is 339 g/mol. The summed E-state index contributed by atoms with van der Waals surface area (Å²) in [7, 11) is 0. The summed E-state index contributed by atoms with van der Waals surface area (Å²) in [4.78, 5) is 25.7. The van der Waals surface area contributed by atoms with Gasteiger partial charge in [0.15, 0.2) is 0 Å². The van der Waals surface area contributed by atoms with E-state index in [1.54, 1.807) is 4.90 Å². The molecule has 1 aliphatic rings. The molecular weight excluding hydrogens is 322 g/mol. The summed E-state index contributed by atoms with van der Waals surface area (Å²) >= 11 is 3.41. The summed E-state index contributed by atoms with van der Waals surface area (Å²) in [5, 5.41) is 5.88. The quantitative estimate of drug-likeness (QED) is 0.761. The molecule has 6 heteroatoms. The second-order valence-corrected chi connectivity index (χ2v) is 5.83. The molecule has 108 valence electrons. The van der Waals surface area contributed by atoms with Crippen LogP contribution in [0.15, 0.2) is 16.6 Å². The van der Waals surface area contributed by atoms with Gasteiger partial charge in [-0.05, 0) is 37.1 Å². The van der Waals surface area contributed by atoms with Gasteiger partial charge in [0, 0.05) is 36.3 Å². The molecule has 0 aliphatic carbocycles. The lowest BCUT2D eigenvalue weighted by atomic mass is 10.1. The van der Waals surface area contributed by atoms with Gasteiger partial charge in [0.1, 0.15) is 0 Å². The molecule has 2 N–H and O–H groups in total. The number of halogens is 1. The van der Waals surface area contributed by atoms with E-state index in [4.69, 9.17) is 0 Å². The Morgan fingerprint density at radius 2 is 1.75 bits per heavy atom. The number of carbonyl (C=O) groups is 2. The van der Waals surface area contributed by atoms with E-state index in [0.717, 1.165) is 28.7 Å². The molecule has 0 atom stereocenters. The highest BCUT2D eigenvalue weighted by Crippen LogP contribution is 2.25. The molecule has 0 bridgehead atoms. The Kier molecular flexibility index (Phi) is 4.77. The third-order valence-electron chi connectivity index (χ3n) is 3.33. The smallest absolute Gasteiger partial charge is 0.313 e. The van der Waals surface area contributed by atoms with Crippen molar-refractivity contribution < 1.29 is 9.59 Å². The molecule has 1 aromatic rings. The predicted molar refractivity (Wildman–Crippen MR) is 81.7 cm³/mol. The van der Waals surface area contributed by atoms with Gasteiger partial charge < -0.3 is 15.5 Å². The second kappa shape index (κ2) is 6.37. The zero-order valence-electron chi connectivity index (χ0n) is 11.6. The predicted octanol–water partition coefficient (Wildman–Crippen LogP) is 1.44. The Morgan fingerprint density at radius 1 is 1.20 bits per heavy atom. The summed E-state index contributed by atoms with van der Waals surface area (Å²) in [6.07, 6.45) is 0. The van der Waals surface area contributed by atoms with Crippen molar-refractivity contribution in [2.24, 2.45) is 0 Å². The van der Waals surface area contributed by atoms with Crippen LogP contribution in [-0.4, -0.2) is 42.9 Å². The first-order valence-corrected chi connectivity index (χ1v) is 7.36. The van der Waals surface area contributed by atoms with E-state index in [1.165, 1.54) is 0 Å². The second-order valence-electron chi connectivity index (χ2n) is 4.91. The summed E-state index contributed by atoms with van der Waals surface area (Å²) in [5.41, 5.74) is 2.57. The van der Waals surface area contributed by atoms with Gasteiger partial charge >= 0.3 is 11.8 Å². The Morgan fingerprint density at radius 3 is 2.30 bits per heavy atom. The van der Waals surface area contributed by atoms with Crippen LogP contribution in [0.2, 0.25) is 0 Å². The van der Waals surface area contributed by atoms with Gasteiger partial charge in [0.05, 0.1) is 0 Å². The molecule has 1 saturated heterocycles. The molecule has 2 amide bonds. The average molecular weight is 340 g/mol. The fourth-order valence-electron chi connectivity index (χ4n) is 2.29. The maximum absolute atomic E-state index is 12.1. The van der Waals surface area contributed by atoms with Crippen molar-refractivity contribution in [2.75, 3.05) is 31.5 Å². The number of anilines is 1. The molecule has 1 fully saturated rings. The van der Waals surface area contributed by atoms with Gasteiger partial charge in [-0.15, -0.1) is 0 Å². The van der Waals surface area contributed by atoms with Crippen LogP contribution in [0.3, 0.4) is 0 Å². The zero-order chi connectivity index (χ0) is 14.7. The van der Waals surface area contributed by atoms with E-state index in [9.17, 15) is 9.59 Å². The maximum Gasteiger partial charge on any atom is 0.313 e. The standard InChI is InChI=1S/C14H18BrN3O2/c1-9-7-11(15)8-10(2)12(9)17-13(19)14(20)18-5-3-16-4-6-18/h7-8,16H,3-6H2,1-2H3,(H,17,19). The Bertz CT molecular complexity index is 516. The fraction of sp³-hybridized carbons (Fsp3) is 0.429. The minimum atomic E-state index is -0.569. The molecule has 2 rings (SSSR count). The van der Waals surface area contributed by atoms with E-state index < -0.39 is 11.8 Å². The molecule has 1 aliphatic heterocycles. The number of nitrogens with zero attached hydrogens (tertiary/aromatic N) is 1. The van der Waals surface area contributed by atoms with Crippen molar-refractivity contribution in [2.45, 2.75) is 13.8 Å². The molecule has 20 heavy (non-hydrogen) atoms. The van der Waals surface area contributed by atoms with Crippen molar-refractivity contribution in [1.82, 2.24) is 10.2 Å². The Balaban J connectivity index is 2.09. The highest BCUT2D eigenvalue weighted by molar-refractivity contribution is 9.10. The first-order valence-electron chi connectivity index (χ1n) is 6.57. The molecule has 0 unspecified atom stereocenters. The Labute approximate surface area is 126 Å². The van der Waals surface area contributed by atoms with Crippen LogP contribution in [0.1, 0.15) is 11.1 Å². The van der Waals surface area contributed by atoms with Crippen molar-refractivity contribution in [3.63, 3.8) is 0 Å². The topological polar surface area (TPSA) is 61.4 Å². The SMILES string of the molecule is Cc1cc(Br)cc(C)c1NC(=O)C(=O)N1CCNCC1. The van der Waals surface area contributed by atoms with Crippen LogP contribution in [0.4, 0.5) is 5.69 Å². The number of piperazine rings is 1. The fourth-order valence-corrected chi connectivity index (χ4v) is 2.97. The largest absolute Gasteiger partial charge is 0.332 e. The summed E-state index contributed by atoms with van der Waals surface area (Å²) in [5.74, 6) is -1.03. The van der Waals surface area contributed by atoms with Crippen LogP contribution in [-0.2, 0) is 9.59 Å². The number of amides is 2. The number of hydrogen-bond donors (Lipinski definition) is 2. The highest BCUT2D eigenvalue weighted by atomic mass is 79.9. The van der Waals surface area contributed by atoms with E-state index in [0.29, 0.717) is 18.8 Å². The average Bonchev–Trinajstić information content (AvgIpc) is 2.42. The number of aryl methyl sites for hydroxylation is 2. The minimum absolute atomic E-state index is 0.465. The number of rotatable bonds is 1. The molecule has 0 radical (unpaired) electrons. The molecule has 0 aromatic heterocycles. The van der Waals surface area contributed by atoms with Gasteiger partial charge in [0.2, 0.25) is 0 Å². The first kappa shape index (κ1) is 15.0. The first-order chi connectivity index (χ1) is 9.49. The number of nitrogens with one attached hydrogen (secondary N) is 2. The Hall–Kier alpha value is -1.40. The van der Waals surface area contributed by atoms with E-state index in [-0.39, 0.29) is 0 Å². The van der Waals surface area contributed by atoms with Crippen LogP contribution in [0.25, 0.3) is 0 Å². The summed E-state index contributed by atoms with van der Waals surface area (Å²) in [6, 6.07) is 3.83. The van der Waals surface area contributed by atoms with Gasteiger partial charge in [-0.2, -0.15) is 0 Å². The van der Waals surface area contributed by atoms with Crippen molar-refractivity contribution in [3.8, 4) is 0 Å². The van der Waals surface area contributed by atoms with Crippen LogP contribution in [0.5, 0.6) is 0 Å². The lowest BCUT2D eigenvalue weighted by molar-refractivity contribution is -0.143. The molecule has 0 saturated carbocycles. The molecule has 5 nitrogen and oxygen atoms in total. The highest BCUT2D eigenvalue weighted by Gasteiger charge is 2.24. The van der Waals surface area contributed by atoms with Crippen LogP contribution in [0, 0.1) is 13.8 Å². The third kappa shape index (κ3) is 3.37. The molecule has 1 aromatic carbocycles. The maximum atomic E-state index is 12.1. The summed E-state index contributed by atoms with van der Waals surface area (Å²) < 4.78 is 0.957. The van der Waals surface area contributed by atoms with Gasteiger partial charge in [-0.3, -0.25) is 9.59 Å². The van der Waals surface area contributed by atoms with Gasteiger partial charge in [-0.25, -0.2) is 0 Å².